The van der Waals surface area contributed by atoms with Gasteiger partial charge in [0.1, 0.15) is 0 Å². The van der Waals surface area contributed by atoms with E-state index < -0.39 is 0 Å². The predicted octanol–water partition coefficient (Wildman–Crippen LogP) is 1.49. The second-order valence-corrected chi connectivity index (χ2v) is 5.41. The molecule has 0 spiro atoms. The summed E-state index contributed by atoms with van der Waals surface area (Å²) in [6, 6.07) is 1.92. The van der Waals surface area contributed by atoms with Crippen molar-refractivity contribution < 1.29 is 9.53 Å². The van der Waals surface area contributed by atoms with Gasteiger partial charge in [-0.15, -0.1) is 0 Å². The highest BCUT2D eigenvalue weighted by Crippen LogP contribution is 2.14. The molecule has 0 aromatic carbocycles. The van der Waals surface area contributed by atoms with Gasteiger partial charge in [-0.3, -0.25) is 9.79 Å². The summed E-state index contributed by atoms with van der Waals surface area (Å²) in [7, 11) is 6.97. The SMILES string of the molecule is CN=C(NCC(C)C(=O)OC)N(C)Cc1cc(Cl)cn1C. The van der Waals surface area contributed by atoms with Crippen molar-refractivity contribution in [3.05, 3.63) is 23.0 Å². The average Bonchev–Trinajstić information content (AvgIpc) is 2.76. The normalized spacial score (nSPS) is 13.0. The Kier molecular flexibility index (Phi) is 6.55. The van der Waals surface area contributed by atoms with Crippen LogP contribution in [0, 0.1) is 5.92 Å². The van der Waals surface area contributed by atoms with Gasteiger partial charge >= 0.3 is 5.97 Å². The lowest BCUT2D eigenvalue weighted by Crippen LogP contribution is -2.41. The van der Waals surface area contributed by atoms with Crippen LogP contribution in [0.3, 0.4) is 0 Å². The van der Waals surface area contributed by atoms with Crippen molar-refractivity contribution in [2.24, 2.45) is 18.0 Å². The van der Waals surface area contributed by atoms with Gasteiger partial charge in [-0.2, -0.15) is 0 Å². The smallest absolute Gasteiger partial charge is 0.310 e. The highest BCUT2D eigenvalue weighted by Gasteiger charge is 2.15. The fraction of sp³-hybridized carbons (Fsp3) is 0.571. The van der Waals surface area contributed by atoms with Gasteiger partial charge in [0.2, 0.25) is 0 Å². The van der Waals surface area contributed by atoms with Crippen molar-refractivity contribution >= 4 is 23.5 Å². The van der Waals surface area contributed by atoms with Crippen molar-refractivity contribution in [1.82, 2.24) is 14.8 Å². The summed E-state index contributed by atoms with van der Waals surface area (Å²) in [6.45, 7) is 2.94. The Morgan fingerprint density at radius 1 is 1.62 bits per heavy atom. The maximum Gasteiger partial charge on any atom is 0.310 e. The van der Waals surface area contributed by atoms with E-state index in [0.717, 1.165) is 5.69 Å². The summed E-state index contributed by atoms with van der Waals surface area (Å²) in [5.74, 6) is 0.238. The van der Waals surface area contributed by atoms with Crippen LogP contribution in [0.25, 0.3) is 0 Å². The predicted molar refractivity (Wildman–Crippen MR) is 84.4 cm³/mol. The Hall–Kier alpha value is -1.69. The summed E-state index contributed by atoms with van der Waals surface area (Å²) in [5, 5.41) is 3.87. The van der Waals surface area contributed by atoms with Crippen LogP contribution < -0.4 is 5.32 Å². The zero-order valence-electron chi connectivity index (χ0n) is 13.2. The fourth-order valence-corrected chi connectivity index (χ4v) is 2.23. The molecule has 118 valence electrons. The number of rotatable bonds is 5. The van der Waals surface area contributed by atoms with E-state index in [1.54, 1.807) is 7.05 Å². The number of carbonyl (C=O) groups excluding carboxylic acids is 1. The van der Waals surface area contributed by atoms with Crippen molar-refractivity contribution in [1.29, 1.82) is 0 Å². The third-order valence-corrected chi connectivity index (χ3v) is 3.42. The molecule has 0 aliphatic rings. The number of ether oxygens (including phenoxy) is 1. The number of nitrogens with one attached hydrogen (secondary N) is 1. The molecule has 1 heterocycles. The number of carbonyl (C=O) groups is 1. The van der Waals surface area contributed by atoms with Gasteiger partial charge in [0, 0.05) is 39.6 Å². The van der Waals surface area contributed by atoms with E-state index in [2.05, 4.69) is 10.3 Å². The third-order valence-electron chi connectivity index (χ3n) is 3.22. The number of aromatic nitrogens is 1. The van der Waals surface area contributed by atoms with Crippen molar-refractivity contribution in [3.63, 3.8) is 0 Å². The maximum absolute atomic E-state index is 11.4. The van der Waals surface area contributed by atoms with E-state index in [-0.39, 0.29) is 11.9 Å². The minimum absolute atomic E-state index is 0.232. The Morgan fingerprint density at radius 2 is 2.29 bits per heavy atom. The Balaban J connectivity index is 2.60. The van der Waals surface area contributed by atoms with E-state index >= 15 is 0 Å². The van der Waals surface area contributed by atoms with E-state index in [1.807, 2.05) is 42.7 Å². The van der Waals surface area contributed by atoms with Gasteiger partial charge in [-0.1, -0.05) is 18.5 Å². The molecule has 0 aliphatic heterocycles. The van der Waals surface area contributed by atoms with E-state index in [1.165, 1.54) is 7.11 Å². The second kappa shape index (κ2) is 7.93. The van der Waals surface area contributed by atoms with E-state index in [4.69, 9.17) is 16.3 Å². The van der Waals surface area contributed by atoms with Crippen LogP contribution in [-0.4, -0.2) is 49.1 Å². The maximum atomic E-state index is 11.4. The lowest BCUT2D eigenvalue weighted by atomic mass is 10.2. The molecule has 0 saturated heterocycles. The fourth-order valence-electron chi connectivity index (χ4n) is 1.95. The highest BCUT2D eigenvalue weighted by atomic mass is 35.5. The monoisotopic (exact) mass is 314 g/mol. The van der Waals surface area contributed by atoms with Crippen molar-refractivity contribution in [2.75, 3.05) is 27.7 Å². The van der Waals surface area contributed by atoms with Crippen LogP contribution >= 0.6 is 11.6 Å². The first-order chi connectivity index (χ1) is 9.88. The van der Waals surface area contributed by atoms with Gasteiger partial charge in [0.25, 0.3) is 0 Å². The number of aryl methyl sites for hydroxylation is 1. The lowest BCUT2D eigenvalue weighted by molar-refractivity contribution is -0.144. The zero-order valence-corrected chi connectivity index (χ0v) is 13.9. The molecular formula is C14H23ClN4O2. The molecule has 0 aliphatic carbocycles. The molecule has 0 amide bonds. The minimum Gasteiger partial charge on any atom is -0.469 e. The van der Waals surface area contributed by atoms with Gasteiger partial charge in [-0.05, 0) is 6.07 Å². The van der Waals surface area contributed by atoms with Crippen molar-refractivity contribution in [2.45, 2.75) is 13.5 Å². The van der Waals surface area contributed by atoms with Crippen LogP contribution in [0.15, 0.2) is 17.3 Å². The topological polar surface area (TPSA) is 58.9 Å². The summed E-state index contributed by atoms with van der Waals surface area (Å²) < 4.78 is 6.68. The molecule has 6 nitrogen and oxygen atoms in total. The highest BCUT2D eigenvalue weighted by molar-refractivity contribution is 6.30. The molecule has 0 radical (unpaired) electrons. The number of hydrogen-bond donors (Lipinski definition) is 1. The van der Waals surface area contributed by atoms with Crippen LogP contribution in [0.2, 0.25) is 5.02 Å². The van der Waals surface area contributed by atoms with Crippen molar-refractivity contribution in [3.8, 4) is 0 Å². The number of guanidine groups is 1. The first kappa shape index (κ1) is 17.4. The summed E-state index contributed by atoms with van der Waals surface area (Å²) in [4.78, 5) is 17.6. The molecular weight excluding hydrogens is 292 g/mol. The molecule has 0 fully saturated rings. The zero-order chi connectivity index (χ0) is 16.0. The Labute approximate surface area is 130 Å². The first-order valence-corrected chi connectivity index (χ1v) is 7.07. The van der Waals surface area contributed by atoms with Gasteiger partial charge in [0.15, 0.2) is 5.96 Å². The molecule has 0 bridgehead atoms. The molecule has 1 N–H and O–H groups in total. The Morgan fingerprint density at radius 3 is 2.76 bits per heavy atom. The standard InChI is InChI=1S/C14H23ClN4O2/c1-10(13(20)21-5)7-17-14(16-2)19(4)9-12-6-11(15)8-18(12)3/h6,8,10H,7,9H2,1-5H3,(H,16,17). The molecule has 1 aromatic heterocycles. The molecule has 1 rings (SSSR count). The summed E-state index contributed by atoms with van der Waals surface area (Å²) in [6.07, 6.45) is 1.86. The quantitative estimate of drug-likeness (QED) is 0.508. The van der Waals surface area contributed by atoms with Gasteiger partial charge in [0.05, 0.1) is 24.6 Å². The molecule has 0 saturated carbocycles. The number of halogens is 1. The van der Waals surface area contributed by atoms with Gasteiger partial charge < -0.3 is 19.5 Å². The average molecular weight is 315 g/mol. The van der Waals surface area contributed by atoms with Crippen LogP contribution in [-0.2, 0) is 23.1 Å². The second-order valence-electron chi connectivity index (χ2n) is 4.97. The van der Waals surface area contributed by atoms with Crippen LogP contribution in [0.5, 0.6) is 0 Å². The third kappa shape index (κ3) is 4.97. The van der Waals surface area contributed by atoms with Crippen LogP contribution in [0.4, 0.5) is 0 Å². The summed E-state index contributed by atoms with van der Waals surface area (Å²) >= 11 is 5.98. The minimum atomic E-state index is -0.241. The van der Waals surface area contributed by atoms with Crippen LogP contribution in [0.1, 0.15) is 12.6 Å². The van der Waals surface area contributed by atoms with Gasteiger partial charge in [-0.25, -0.2) is 0 Å². The van der Waals surface area contributed by atoms with E-state index in [9.17, 15) is 4.79 Å². The summed E-state index contributed by atoms with van der Waals surface area (Å²) in [5.41, 5.74) is 1.08. The number of hydrogen-bond acceptors (Lipinski definition) is 3. The molecule has 1 atom stereocenters. The number of esters is 1. The number of aliphatic imine (C=N–C) groups is 1. The largest absolute Gasteiger partial charge is 0.469 e. The van der Waals surface area contributed by atoms with E-state index in [0.29, 0.717) is 24.1 Å². The molecule has 21 heavy (non-hydrogen) atoms. The lowest BCUT2D eigenvalue weighted by Gasteiger charge is -2.23. The Bertz CT molecular complexity index is 513. The molecule has 7 heteroatoms. The molecule has 1 unspecified atom stereocenters. The molecule has 1 aromatic rings. The first-order valence-electron chi connectivity index (χ1n) is 6.69. The number of methoxy groups -OCH3 is 1. The number of nitrogens with zero attached hydrogens (tertiary/aromatic N) is 3.